The van der Waals surface area contributed by atoms with Gasteiger partial charge < -0.3 is 15.4 Å². The molecule has 1 spiro atoms. The Kier molecular flexibility index (Phi) is 3.59. The number of rotatable bonds is 3. The van der Waals surface area contributed by atoms with Crippen LogP contribution < -0.4 is 10.6 Å². The van der Waals surface area contributed by atoms with Gasteiger partial charge in [-0.3, -0.25) is 4.79 Å². The first kappa shape index (κ1) is 14.9. The van der Waals surface area contributed by atoms with Crippen LogP contribution in [-0.4, -0.2) is 31.1 Å². The van der Waals surface area contributed by atoms with E-state index in [0.29, 0.717) is 18.5 Å². The van der Waals surface area contributed by atoms with Crippen molar-refractivity contribution in [2.45, 2.75) is 44.6 Å². The minimum atomic E-state index is -0.254. The monoisotopic (exact) mass is 301 g/mol. The second-order valence-corrected chi connectivity index (χ2v) is 6.32. The van der Waals surface area contributed by atoms with Crippen LogP contribution in [0.25, 0.3) is 0 Å². The van der Waals surface area contributed by atoms with E-state index < -0.39 is 0 Å². The molecule has 5 heteroatoms. The minimum Gasteiger partial charge on any atom is -0.463 e. The number of carbonyl (C=O) groups excluding carboxylic acids is 1. The van der Waals surface area contributed by atoms with E-state index >= 15 is 0 Å². The van der Waals surface area contributed by atoms with Gasteiger partial charge in [0, 0.05) is 32.0 Å². The van der Waals surface area contributed by atoms with Gasteiger partial charge in [-0.05, 0) is 29.7 Å². The van der Waals surface area contributed by atoms with E-state index in [-0.39, 0.29) is 11.4 Å². The van der Waals surface area contributed by atoms with E-state index in [4.69, 9.17) is 10.5 Å². The number of anilines is 1. The van der Waals surface area contributed by atoms with Gasteiger partial charge in [-0.2, -0.15) is 0 Å². The molecule has 118 valence electrons. The Bertz CT molecular complexity index is 641. The van der Waals surface area contributed by atoms with Crippen LogP contribution in [0.5, 0.6) is 0 Å². The Balaban J connectivity index is 2.00. The molecule has 0 fully saturated rings. The molecule has 2 unspecified atom stereocenters. The van der Waals surface area contributed by atoms with Crippen molar-refractivity contribution in [3.05, 3.63) is 29.3 Å². The molecule has 2 aliphatic rings. The fraction of sp³-hybridized carbons (Fsp3) is 0.529. The number of hydrogen-bond acceptors (Lipinski definition) is 4. The molecule has 1 aliphatic carbocycles. The first-order chi connectivity index (χ1) is 10.5. The Morgan fingerprint density at radius 2 is 2.32 bits per heavy atom. The lowest BCUT2D eigenvalue weighted by Crippen LogP contribution is -2.33. The summed E-state index contributed by atoms with van der Waals surface area (Å²) in [5, 5.41) is 0. The second-order valence-electron chi connectivity index (χ2n) is 6.32. The van der Waals surface area contributed by atoms with Crippen molar-refractivity contribution < 1.29 is 9.53 Å². The van der Waals surface area contributed by atoms with E-state index in [1.807, 2.05) is 6.07 Å². The van der Waals surface area contributed by atoms with Gasteiger partial charge in [-0.25, -0.2) is 4.99 Å². The van der Waals surface area contributed by atoms with E-state index in [9.17, 15) is 4.79 Å². The number of amides is 1. The highest BCUT2D eigenvalue weighted by Crippen LogP contribution is 2.48. The average Bonchev–Trinajstić information content (AvgIpc) is 2.99. The lowest BCUT2D eigenvalue weighted by Gasteiger charge is -2.26. The number of hydrogen-bond donors (Lipinski definition) is 1. The quantitative estimate of drug-likeness (QED) is 0.930. The van der Waals surface area contributed by atoms with Crippen LogP contribution in [-0.2, 0) is 16.0 Å². The topological polar surface area (TPSA) is 67.9 Å². The van der Waals surface area contributed by atoms with Crippen molar-refractivity contribution in [1.82, 2.24) is 0 Å². The lowest BCUT2D eigenvalue weighted by molar-refractivity contribution is -0.116. The zero-order valence-electron chi connectivity index (χ0n) is 13.4. The van der Waals surface area contributed by atoms with Crippen LogP contribution in [0.15, 0.2) is 23.2 Å². The predicted octanol–water partition coefficient (Wildman–Crippen LogP) is 2.19. The third-order valence-electron chi connectivity index (χ3n) is 4.89. The van der Waals surface area contributed by atoms with Crippen LogP contribution in [0.4, 0.5) is 5.69 Å². The molecule has 1 amide bonds. The number of nitrogens with two attached hydrogens (primary N) is 1. The number of nitrogens with zero attached hydrogens (tertiary/aromatic N) is 2. The van der Waals surface area contributed by atoms with Crippen LogP contribution >= 0.6 is 0 Å². The SMILES string of the molecule is CCCC1c2ccc(N(C)C(C)=O)cc2CC12COC(N)=N2. The molecular weight excluding hydrogens is 278 g/mol. The van der Waals surface area contributed by atoms with Crippen molar-refractivity contribution in [3.63, 3.8) is 0 Å². The predicted molar refractivity (Wildman–Crippen MR) is 87.2 cm³/mol. The van der Waals surface area contributed by atoms with Gasteiger partial charge in [0.1, 0.15) is 12.1 Å². The largest absolute Gasteiger partial charge is 0.463 e. The maximum atomic E-state index is 11.6. The summed E-state index contributed by atoms with van der Waals surface area (Å²) in [5.41, 5.74) is 9.03. The van der Waals surface area contributed by atoms with Crippen molar-refractivity contribution >= 4 is 17.6 Å². The molecule has 2 atom stereocenters. The molecule has 0 saturated carbocycles. The van der Waals surface area contributed by atoms with E-state index in [2.05, 4.69) is 24.0 Å². The summed E-state index contributed by atoms with van der Waals surface area (Å²) in [4.78, 5) is 17.9. The fourth-order valence-electron chi connectivity index (χ4n) is 3.68. The summed E-state index contributed by atoms with van der Waals surface area (Å²) in [7, 11) is 1.80. The number of benzene rings is 1. The van der Waals surface area contributed by atoms with Crippen molar-refractivity contribution in [2.24, 2.45) is 10.7 Å². The molecule has 0 aromatic heterocycles. The Morgan fingerprint density at radius 1 is 1.55 bits per heavy atom. The van der Waals surface area contributed by atoms with Crippen molar-refractivity contribution in [3.8, 4) is 0 Å². The van der Waals surface area contributed by atoms with Gasteiger partial charge in [0.2, 0.25) is 5.91 Å². The summed E-state index contributed by atoms with van der Waals surface area (Å²) in [6.07, 6.45) is 2.98. The normalized spacial score (nSPS) is 25.8. The van der Waals surface area contributed by atoms with Gasteiger partial charge in [-0.1, -0.05) is 19.4 Å². The van der Waals surface area contributed by atoms with Gasteiger partial charge in [0.05, 0.1) is 0 Å². The summed E-state index contributed by atoms with van der Waals surface area (Å²) >= 11 is 0. The van der Waals surface area contributed by atoms with E-state index in [1.165, 1.54) is 11.1 Å². The number of amidine groups is 1. The highest BCUT2D eigenvalue weighted by molar-refractivity contribution is 5.91. The maximum absolute atomic E-state index is 11.6. The Labute approximate surface area is 131 Å². The van der Waals surface area contributed by atoms with E-state index in [1.54, 1.807) is 18.9 Å². The standard InChI is InChI=1S/C17H23N3O2/c1-4-5-15-14-7-6-13(20(3)11(2)21)8-12(14)9-17(15)10-22-16(18)19-17/h6-8,15H,4-5,9-10H2,1-3H3,(H2,18,19). The minimum absolute atomic E-state index is 0.0317. The zero-order valence-corrected chi connectivity index (χ0v) is 13.4. The second kappa shape index (κ2) is 5.30. The lowest BCUT2D eigenvalue weighted by atomic mass is 9.83. The first-order valence-corrected chi connectivity index (χ1v) is 7.82. The Hall–Kier alpha value is -2.04. The molecule has 0 radical (unpaired) electrons. The number of carbonyl (C=O) groups is 1. The summed E-state index contributed by atoms with van der Waals surface area (Å²) in [5.74, 6) is 0.370. The highest BCUT2D eigenvalue weighted by Gasteiger charge is 2.49. The molecule has 1 aliphatic heterocycles. The molecule has 0 bridgehead atoms. The smallest absolute Gasteiger partial charge is 0.282 e. The third kappa shape index (κ3) is 2.25. The summed E-state index contributed by atoms with van der Waals surface area (Å²) < 4.78 is 5.48. The van der Waals surface area contributed by atoms with Crippen molar-refractivity contribution in [1.29, 1.82) is 0 Å². The van der Waals surface area contributed by atoms with E-state index in [0.717, 1.165) is 24.9 Å². The molecule has 0 saturated heterocycles. The average molecular weight is 301 g/mol. The fourth-order valence-corrected chi connectivity index (χ4v) is 3.68. The number of aliphatic imine (C=N–C) groups is 1. The maximum Gasteiger partial charge on any atom is 0.282 e. The zero-order chi connectivity index (χ0) is 15.9. The molecule has 2 N–H and O–H groups in total. The Morgan fingerprint density at radius 3 is 2.91 bits per heavy atom. The molecule has 1 aromatic carbocycles. The molecule has 5 nitrogen and oxygen atoms in total. The molecule has 1 heterocycles. The van der Waals surface area contributed by atoms with Gasteiger partial charge in [-0.15, -0.1) is 0 Å². The van der Waals surface area contributed by atoms with Crippen LogP contribution in [0.3, 0.4) is 0 Å². The van der Waals surface area contributed by atoms with Crippen LogP contribution in [0, 0.1) is 0 Å². The molecule has 3 rings (SSSR count). The van der Waals surface area contributed by atoms with Crippen molar-refractivity contribution in [2.75, 3.05) is 18.6 Å². The van der Waals surface area contributed by atoms with Gasteiger partial charge in [0.25, 0.3) is 6.02 Å². The molecule has 22 heavy (non-hydrogen) atoms. The van der Waals surface area contributed by atoms with Crippen LogP contribution in [0.2, 0.25) is 0 Å². The number of ether oxygens (including phenoxy) is 1. The first-order valence-electron chi connectivity index (χ1n) is 7.82. The van der Waals surface area contributed by atoms with Gasteiger partial charge >= 0.3 is 0 Å². The molecular formula is C17H23N3O2. The van der Waals surface area contributed by atoms with Gasteiger partial charge in [0.15, 0.2) is 0 Å². The van der Waals surface area contributed by atoms with Crippen LogP contribution in [0.1, 0.15) is 43.7 Å². The summed E-state index contributed by atoms with van der Waals surface area (Å²) in [6, 6.07) is 6.57. The third-order valence-corrected chi connectivity index (χ3v) is 4.89. The summed E-state index contributed by atoms with van der Waals surface area (Å²) in [6.45, 7) is 4.31. The highest BCUT2D eigenvalue weighted by atomic mass is 16.5. The number of fused-ring (bicyclic) bond motifs is 1. The molecule has 1 aromatic rings.